The quantitative estimate of drug-likeness (QED) is 0.571. The molecule has 9 nitrogen and oxygen atoms in total. The number of imidazole rings is 1. The number of carbonyl (C=O) groups excluding carboxylic acids is 2. The lowest BCUT2D eigenvalue weighted by atomic mass is 10.3. The van der Waals surface area contributed by atoms with Crippen molar-refractivity contribution in [2.24, 2.45) is 5.14 Å². The van der Waals surface area contributed by atoms with E-state index in [-0.39, 0.29) is 10.6 Å². The second-order valence-corrected chi connectivity index (χ2v) is 7.79. The number of sulfonamides is 1. The van der Waals surface area contributed by atoms with Crippen LogP contribution in [0.25, 0.3) is 5.69 Å². The van der Waals surface area contributed by atoms with Crippen molar-refractivity contribution in [3.63, 3.8) is 0 Å². The number of nitrogens with zero attached hydrogens (tertiary/aromatic N) is 2. The Morgan fingerprint density at radius 1 is 1.13 bits per heavy atom. The van der Waals surface area contributed by atoms with E-state index >= 15 is 0 Å². The van der Waals surface area contributed by atoms with Gasteiger partial charge in [0, 0.05) is 11.4 Å². The number of hydrogen-bond donors (Lipinski definition) is 2. The van der Waals surface area contributed by atoms with Crippen LogP contribution in [-0.2, 0) is 19.6 Å². The average molecular weight is 432 g/mol. The van der Waals surface area contributed by atoms with Crippen LogP contribution in [0.4, 0.5) is 10.1 Å². The van der Waals surface area contributed by atoms with Crippen molar-refractivity contribution in [3.8, 4) is 5.69 Å². The highest BCUT2D eigenvalue weighted by Crippen LogP contribution is 2.16. The minimum absolute atomic E-state index is 0.0544. The summed E-state index contributed by atoms with van der Waals surface area (Å²) >= 11 is 0. The van der Waals surface area contributed by atoms with Crippen molar-refractivity contribution in [1.29, 1.82) is 0 Å². The molecule has 1 atom stereocenters. The van der Waals surface area contributed by atoms with Crippen molar-refractivity contribution >= 4 is 27.6 Å². The SMILES string of the molecule is CC(OC(=O)c1cncn1-c1ccc(F)cc1)C(=O)Nc1ccc(S(N)(=O)=O)cc1. The van der Waals surface area contributed by atoms with E-state index in [0.29, 0.717) is 11.4 Å². The number of nitrogens with one attached hydrogen (secondary N) is 1. The number of hydrogen-bond acceptors (Lipinski definition) is 6. The van der Waals surface area contributed by atoms with Crippen LogP contribution < -0.4 is 10.5 Å². The van der Waals surface area contributed by atoms with Gasteiger partial charge in [-0.1, -0.05) is 0 Å². The fourth-order valence-corrected chi connectivity index (χ4v) is 3.02. The number of anilines is 1. The molecule has 3 rings (SSSR count). The van der Waals surface area contributed by atoms with Crippen LogP contribution in [0.5, 0.6) is 0 Å². The van der Waals surface area contributed by atoms with Gasteiger partial charge in [-0.25, -0.2) is 27.7 Å². The van der Waals surface area contributed by atoms with E-state index in [1.54, 1.807) is 0 Å². The Morgan fingerprint density at radius 2 is 1.77 bits per heavy atom. The molecule has 1 aromatic heterocycles. The standard InChI is InChI=1S/C19H17FN4O5S/c1-12(18(25)23-14-4-8-16(9-5-14)30(21,27)28)29-19(26)17-10-22-11-24(17)15-6-2-13(20)3-7-15/h2-12H,1H3,(H,23,25)(H2,21,27,28). The Morgan fingerprint density at radius 3 is 2.37 bits per heavy atom. The zero-order valence-electron chi connectivity index (χ0n) is 15.7. The summed E-state index contributed by atoms with van der Waals surface area (Å²) in [5, 5.41) is 7.53. The van der Waals surface area contributed by atoms with Crippen molar-refractivity contribution in [3.05, 3.63) is 72.6 Å². The molecule has 0 aliphatic rings. The average Bonchev–Trinajstić information content (AvgIpc) is 3.18. The summed E-state index contributed by atoms with van der Waals surface area (Å²) in [4.78, 5) is 28.6. The van der Waals surface area contributed by atoms with Crippen molar-refractivity contribution in [2.75, 3.05) is 5.32 Å². The Hall–Kier alpha value is -3.57. The maximum Gasteiger partial charge on any atom is 0.357 e. The molecule has 0 radical (unpaired) electrons. The van der Waals surface area contributed by atoms with E-state index in [1.165, 1.54) is 72.5 Å². The van der Waals surface area contributed by atoms with Crippen LogP contribution >= 0.6 is 0 Å². The highest BCUT2D eigenvalue weighted by molar-refractivity contribution is 7.89. The van der Waals surface area contributed by atoms with Crippen LogP contribution in [0.1, 0.15) is 17.4 Å². The highest BCUT2D eigenvalue weighted by Gasteiger charge is 2.22. The summed E-state index contributed by atoms with van der Waals surface area (Å²) in [5.74, 6) is -1.85. The molecule has 2 aromatic carbocycles. The van der Waals surface area contributed by atoms with Gasteiger partial charge in [0.15, 0.2) is 11.8 Å². The molecule has 0 saturated heterocycles. The highest BCUT2D eigenvalue weighted by atomic mass is 32.2. The number of halogens is 1. The topological polar surface area (TPSA) is 133 Å². The minimum atomic E-state index is -3.85. The lowest BCUT2D eigenvalue weighted by molar-refractivity contribution is -0.123. The van der Waals surface area contributed by atoms with Gasteiger partial charge < -0.3 is 10.1 Å². The summed E-state index contributed by atoms with van der Waals surface area (Å²) in [6.07, 6.45) is 1.47. The molecule has 156 valence electrons. The third-order valence-corrected chi connectivity index (χ3v) is 4.99. The molecular formula is C19H17FN4O5S. The molecule has 3 N–H and O–H groups in total. The van der Waals surface area contributed by atoms with E-state index in [1.807, 2.05) is 0 Å². The summed E-state index contributed by atoms with van der Waals surface area (Å²) < 4.78 is 42.2. The number of benzene rings is 2. The first kappa shape index (κ1) is 21.1. The lowest BCUT2D eigenvalue weighted by Crippen LogP contribution is -2.30. The number of aromatic nitrogens is 2. The van der Waals surface area contributed by atoms with E-state index in [9.17, 15) is 22.4 Å². The first-order valence-electron chi connectivity index (χ1n) is 8.58. The Balaban J connectivity index is 1.67. The molecular weight excluding hydrogens is 415 g/mol. The summed E-state index contributed by atoms with van der Waals surface area (Å²) in [6, 6.07) is 10.6. The molecule has 0 aliphatic heterocycles. The zero-order chi connectivity index (χ0) is 21.9. The largest absolute Gasteiger partial charge is 0.448 e. The molecule has 0 fully saturated rings. The van der Waals surface area contributed by atoms with Gasteiger partial charge in [0.2, 0.25) is 10.0 Å². The van der Waals surface area contributed by atoms with Crippen molar-refractivity contribution < 1.29 is 27.1 Å². The maximum atomic E-state index is 13.1. The molecule has 0 bridgehead atoms. The molecule has 1 amide bonds. The molecule has 3 aromatic rings. The Labute approximate surface area is 171 Å². The lowest BCUT2D eigenvalue weighted by Gasteiger charge is -2.14. The second kappa shape index (κ2) is 8.43. The Bertz CT molecular complexity index is 1170. The van der Waals surface area contributed by atoms with Crippen LogP contribution in [0.3, 0.4) is 0 Å². The molecule has 0 saturated carbocycles. The van der Waals surface area contributed by atoms with Gasteiger partial charge in [-0.15, -0.1) is 0 Å². The number of rotatable bonds is 6. The number of amides is 1. The van der Waals surface area contributed by atoms with Crippen LogP contribution in [0, 0.1) is 5.82 Å². The first-order valence-corrected chi connectivity index (χ1v) is 10.1. The number of ether oxygens (including phenoxy) is 1. The molecule has 1 unspecified atom stereocenters. The van der Waals surface area contributed by atoms with E-state index in [4.69, 9.17) is 9.88 Å². The molecule has 0 aliphatic carbocycles. The van der Waals surface area contributed by atoms with Crippen molar-refractivity contribution in [1.82, 2.24) is 9.55 Å². The third kappa shape index (κ3) is 4.88. The zero-order valence-corrected chi connectivity index (χ0v) is 16.5. The van der Waals surface area contributed by atoms with Gasteiger partial charge in [0.1, 0.15) is 5.82 Å². The number of primary sulfonamides is 1. The van der Waals surface area contributed by atoms with Gasteiger partial charge in [0.05, 0.1) is 17.4 Å². The Kier molecular flexibility index (Phi) is 5.94. The number of esters is 1. The molecule has 30 heavy (non-hydrogen) atoms. The predicted molar refractivity (Wildman–Crippen MR) is 105 cm³/mol. The van der Waals surface area contributed by atoms with E-state index in [0.717, 1.165) is 0 Å². The third-order valence-electron chi connectivity index (χ3n) is 4.06. The smallest absolute Gasteiger partial charge is 0.357 e. The first-order chi connectivity index (χ1) is 14.1. The summed E-state index contributed by atoms with van der Waals surface area (Å²) in [7, 11) is -3.85. The van der Waals surface area contributed by atoms with Crippen LogP contribution in [-0.4, -0.2) is 35.9 Å². The van der Waals surface area contributed by atoms with Gasteiger partial charge in [0.25, 0.3) is 5.91 Å². The fourth-order valence-electron chi connectivity index (χ4n) is 2.50. The fraction of sp³-hybridized carbons (Fsp3) is 0.105. The minimum Gasteiger partial charge on any atom is -0.448 e. The van der Waals surface area contributed by atoms with Crippen LogP contribution in [0.15, 0.2) is 66.0 Å². The maximum absolute atomic E-state index is 13.1. The van der Waals surface area contributed by atoms with Gasteiger partial charge in [-0.05, 0) is 55.5 Å². The summed E-state index contributed by atoms with van der Waals surface area (Å²) in [6.45, 7) is 1.38. The number of nitrogens with two attached hydrogens (primary N) is 1. The van der Waals surface area contributed by atoms with Gasteiger partial charge in [-0.2, -0.15) is 0 Å². The molecule has 1 heterocycles. The van der Waals surface area contributed by atoms with E-state index < -0.39 is 33.8 Å². The van der Waals surface area contributed by atoms with E-state index in [2.05, 4.69) is 10.3 Å². The van der Waals surface area contributed by atoms with Crippen LogP contribution in [0.2, 0.25) is 0 Å². The number of carbonyl (C=O) groups is 2. The molecule has 11 heteroatoms. The van der Waals surface area contributed by atoms with Gasteiger partial charge in [-0.3, -0.25) is 9.36 Å². The normalized spacial score (nSPS) is 12.2. The predicted octanol–water partition coefficient (Wildman–Crippen LogP) is 1.84. The molecule has 0 spiro atoms. The second-order valence-electron chi connectivity index (χ2n) is 6.23. The van der Waals surface area contributed by atoms with Gasteiger partial charge >= 0.3 is 5.97 Å². The summed E-state index contributed by atoms with van der Waals surface area (Å²) in [5.41, 5.74) is 0.846. The van der Waals surface area contributed by atoms with Crippen molar-refractivity contribution in [2.45, 2.75) is 17.9 Å². The monoisotopic (exact) mass is 432 g/mol.